The molecule has 136 valence electrons. The number of hydrogen-bond donors (Lipinski definition) is 3. The number of nitrogens with zero attached hydrogens (tertiary/aromatic N) is 5. The van der Waals surface area contributed by atoms with Gasteiger partial charge in [-0.15, -0.1) is 0 Å². The van der Waals surface area contributed by atoms with E-state index in [-0.39, 0.29) is 11.4 Å². The lowest BCUT2D eigenvalue weighted by Gasteiger charge is -2.39. The Morgan fingerprint density at radius 2 is 2.08 bits per heavy atom. The number of nitrogens with two attached hydrogens (primary N) is 2. The Labute approximate surface area is 156 Å². The van der Waals surface area contributed by atoms with Crippen LogP contribution in [0.15, 0.2) is 18.5 Å². The average Bonchev–Trinajstić information content (AvgIpc) is 3.07. The van der Waals surface area contributed by atoms with E-state index >= 15 is 0 Å². The topological polar surface area (TPSA) is 123 Å². The second-order valence-electron chi connectivity index (χ2n) is 6.76. The van der Waals surface area contributed by atoms with Crippen molar-refractivity contribution in [3.05, 3.63) is 23.5 Å². The molecule has 0 radical (unpaired) electrons. The summed E-state index contributed by atoms with van der Waals surface area (Å²) in [6.07, 6.45) is 6.26. The molecule has 4 rings (SSSR count). The maximum atomic E-state index is 6.38. The van der Waals surface area contributed by atoms with E-state index in [9.17, 15) is 0 Å². The number of rotatable bonds is 3. The van der Waals surface area contributed by atoms with Gasteiger partial charge < -0.3 is 16.4 Å². The highest BCUT2D eigenvalue weighted by atomic mass is 35.5. The molecule has 1 fully saturated rings. The minimum atomic E-state index is -0.0623. The molecule has 0 aliphatic carbocycles. The Morgan fingerprint density at radius 3 is 2.81 bits per heavy atom. The van der Waals surface area contributed by atoms with Crippen LogP contribution < -0.4 is 16.4 Å². The van der Waals surface area contributed by atoms with Gasteiger partial charge in [0.25, 0.3) is 0 Å². The summed E-state index contributed by atoms with van der Waals surface area (Å²) in [7, 11) is 0. The highest BCUT2D eigenvalue weighted by Gasteiger charge is 2.29. The van der Waals surface area contributed by atoms with Crippen molar-refractivity contribution in [2.24, 2.45) is 5.73 Å². The molecule has 0 unspecified atom stereocenters. The first-order chi connectivity index (χ1) is 12.5. The molecule has 0 aromatic carbocycles. The summed E-state index contributed by atoms with van der Waals surface area (Å²) in [5, 5.41) is 7.64. The monoisotopic (exact) mass is 372 g/mol. The Balaban J connectivity index is 1.65. The molecule has 1 aliphatic heterocycles. The van der Waals surface area contributed by atoms with E-state index in [4.69, 9.17) is 23.1 Å². The van der Waals surface area contributed by atoms with Gasteiger partial charge in [0.1, 0.15) is 22.8 Å². The van der Waals surface area contributed by atoms with Crippen LogP contribution in [0.3, 0.4) is 0 Å². The number of nitrogen functional groups attached to an aromatic ring is 1. The van der Waals surface area contributed by atoms with Crippen LogP contribution in [-0.4, -0.2) is 43.8 Å². The summed E-state index contributed by atoms with van der Waals surface area (Å²) < 4.78 is 0. The van der Waals surface area contributed by atoms with Crippen LogP contribution in [0.4, 0.5) is 11.6 Å². The van der Waals surface area contributed by atoms with Gasteiger partial charge in [-0.05, 0) is 25.3 Å². The third kappa shape index (κ3) is 2.85. The van der Waals surface area contributed by atoms with E-state index in [0.29, 0.717) is 27.4 Å². The summed E-state index contributed by atoms with van der Waals surface area (Å²) in [6, 6.07) is 1.76. The minimum absolute atomic E-state index is 0.0623. The molecule has 4 heterocycles. The summed E-state index contributed by atoms with van der Waals surface area (Å²) in [5.74, 6) is 1.09. The average molecular weight is 373 g/mol. The van der Waals surface area contributed by atoms with E-state index in [1.54, 1.807) is 18.5 Å². The van der Waals surface area contributed by atoms with Crippen LogP contribution >= 0.6 is 11.6 Å². The molecule has 3 aromatic heterocycles. The molecule has 0 atom stereocenters. The van der Waals surface area contributed by atoms with Gasteiger partial charge in [-0.1, -0.05) is 18.5 Å². The number of anilines is 2. The standard InChI is InChI=1S/C17H21ClN8/c1-2-17(20)4-7-26(8-5-17)11-9-22-14-13(24-25-16(14)23-11)10-3-6-21-15(19)12(10)18/h3,6,9H,2,4-5,7-8,20H2,1H3,(H2,19,21)(H,23,24,25). The molecule has 9 heteroatoms. The Hall–Kier alpha value is -2.45. The predicted molar refractivity (Wildman–Crippen MR) is 103 cm³/mol. The number of aromatic nitrogens is 5. The molecule has 0 spiro atoms. The van der Waals surface area contributed by atoms with E-state index in [0.717, 1.165) is 38.2 Å². The summed E-state index contributed by atoms with van der Waals surface area (Å²) in [6.45, 7) is 3.89. The highest BCUT2D eigenvalue weighted by Crippen LogP contribution is 2.33. The molecule has 3 aromatic rings. The van der Waals surface area contributed by atoms with Gasteiger partial charge in [-0.2, -0.15) is 5.10 Å². The summed E-state index contributed by atoms with van der Waals surface area (Å²) >= 11 is 6.27. The van der Waals surface area contributed by atoms with Gasteiger partial charge in [0, 0.05) is 30.4 Å². The van der Waals surface area contributed by atoms with Crippen molar-refractivity contribution in [2.45, 2.75) is 31.7 Å². The van der Waals surface area contributed by atoms with E-state index in [1.807, 2.05) is 0 Å². The zero-order valence-corrected chi connectivity index (χ0v) is 15.3. The van der Waals surface area contributed by atoms with Gasteiger partial charge >= 0.3 is 0 Å². The van der Waals surface area contributed by atoms with Crippen LogP contribution in [-0.2, 0) is 0 Å². The van der Waals surface area contributed by atoms with E-state index in [1.165, 1.54) is 0 Å². The van der Waals surface area contributed by atoms with Gasteiger partial charge in [0.05, 0.1) is 11.2 Å². The van der Waals surface area contributed by atoms with Crippen LogP contribution in [0.2, 0.25) is 5.02 Å². The number of aromatic amines is 1. The Morgan fingerprint density at radius 1 is 1.31 bits per heavy atom. The number of piperidine rings is 1. The minimum Gasteiger partial charge on any atom is -0.382 e. The first-order valence-electron chi connectivity index (χ1n) is 8.66. The van der Waals surface area contributed by atoms with Crippen molar-refractivity contribution in [2.75, 3.05) is 23.7 Å². The quantitative estimate of drug-likeness (QED) is 0.644. The SMILES string of the molecule is CCC1(N)CCN(c2cnc3c(-c4ccnc(N)c4Cl)n[nH]c3n2)CC1. The van der Waals surface area contributed by atoms with E-state index < -0.39 is 0 Å². The smallest absolute Gasteiger partial charge is 0.177 e. The van der Waals surface area contributed by atoms with Crippen molar-refractivity contribution in [1.82, 2.24) is 25.1 Å². The Kier molecular flexibility index (Phi) is 4.16. The van der Waals surface area contributed by atoms with Crippen LogP contribution in [0, 0.1) is 0 Å². The molecule has 0 amide bonds. The molecule has 5 N–H and O–H groups in total. The maximum Gasteiger partial charge on any atom is 0.177 e. The number of nitrogens with one attached hydrogen (secondary N) is 1. The number of halogens is 1. The van der Waals surface area contributed by atoms with Crippen molar-refractivity contribution < 1.29 is 0 Å². The third-order valence-corrected chi connectivity index (χ3v) is 5.61. The molecule has 8 nitrogen and oxygen atoms in total. The molecule has 26 heavy (non-hydrogen) atoms. The Bertz CT molecular complexity index is 945. The van der Waals surface area contributed by atoms with E-state index in [2.05, 4.69) is 37.0 Å². The van der Waals surface area contributed by atoms with Crippen LogP contribution in [0.25, 0.3) is 22.4 Å². The predicted octanol–water partition coefficient (Wildman–Crippen LogP) is 2.36. The molecule has 0 saturated carbocycles. The fourth-order valence-electron chi connectivity index (χ4n) is 3.31. The first kappa shape index (κ1) is 17.0. The first-order valence-corrected chi connectivity index (χ1v) is 9.04. The molecule has 1 saturated heterocycles. The number of fused-ring (bicyclic) bond motifs is 1. The third-order valence-electron chi connectivity index (χ3n) is 5.22. The van der Waals surface area contributed by atoms with Crippen molar-refractivity contribution >= 4 is 34.4 Å². The normalized spacial score (nSPS) is 17.0. The lowest BCUT2D eigenvalue weighted by atomic mass is 9.86. The lowest BCUT2D eigenvalue weighted by Crippen LogP contribution is -2.50. The second-order valence-corrected chi connectivity index (χ2v) is 7.14. The van der Waals surface area contributed by atoms with Gasteiger partial charge in [-0.3, -0.25) is 5.10 Å². The second kappa shape index (κ2) is 6.37. The number of hydrogen-bond acceptors (Lipinski definition) is 7. The lowest BCUT2D eigenvalue weighted by molar-refractivity contribution is 0.322. The fourth-order valence-corrected chi connectivity index (χ4v) is 3.51. The largest absolute Gasteiger partial charge is 0.382 e. The highest BCUT2D eigenvalue weighted by molar-refractivity contribution is 6.35. The number of H-pyrrole nitrogens is 1. The maximum absolute atomic E-state index is 6.38. The van der Waals surface area contributed by atoms with Crippen LogP contribution in [0.1, 0.15) is 26.2 Å². The molecule has 0 bridgehead atoms. The molecule has 1 aliphatic rings. The molecular weight excluding hydrogens is 352 g/mol. The van der Waals surface area contributed by atoms with Crippen molar-refractivity contribution in [3.63, 3.8) is 0 Å². The van der Waals surface area contributed by atoms with Gasteiger partial charge in [0.2, 0.25) is 0 Å². The fraction of sp³-hybridized carbons (Fsp3) is 0.412. The van der Waals surface area contributed by atoms with Crippen molar-refractivity contribution in [1.29, 1.82) is 0 Å². The summed E-state index contributed by atoms with van der Waals surface area (Å²) in [4.78, 5) is 15.4. The van der Waals surface area contributed by atoms with Gasteiger partial charge in [0.15, 0.2) is 5.65 Å². The van der Waals surface area contributed by atoms with Crippen LogP contribution in [0.5, 0.6) is 0 Å². The molecular formula is C17H21ClN8. The zero-order chi connectivity index (χ0) is 18.3. The zero-order valence-electron chi connectivity index (χ0n) is 14.5. The summed E-state index contributed by atoms with van der Waals surface area (Å²) in [5.41, 5.74) is 14.7. The van der Waals surface area contributed by atoms with Crippen molar-refractivity contribution in [3.8, 4) is 11.3 Å². The number of pyridine rings is 1. The van der Waals surface area contributed by atoms with Gasteiger partial charge in [-0.25, -0.2) is 15.0 Å².